The highest BCUT2D eigenvalue weighted by molar-refractivity contribution is 7.99. The quantitative estimate of drug-likeness (QED) is 0.428. The van der Waals surface area contributed by atoms with Gasteiger partial charge < -0.3 is 0 Å². The first-order valence-corrected chi connectivity index (χ1v) is 11.7. The van der Waals surface area contributed by atoms with Gasteiger partial charge in [-0.1, -0.05) is 18.2 Å². The van der Waals surface area contributed by atoms with Gasteiger partial charge in [0.1, 0.15) is 11.1 Å². The average molecular weight is 445 g/mol. The minimum absolute atomic E-state index is 0.268. The summed E-state index contributed by atoms with van der Waals surface area (Å²) < 4.78 is 18.1. The van der Waals surface area contributed by atoms with E-state index in [2.05, 4.69) is 32.9 Å². The maximum absolute atomic E-state index is 14.3. The number of hydrogen-bond donors (Lipinski definition) is 0. The molecule has 32 heavy (non-hydrogen) atoms. The molecule has 160 valence electrons. The van der Waals surface area contributed by atoms with Gasteiger partial charge in [0.2, 0.25) is 0 Å². The maximum atomic E-state index is 14.3. The van der Waals surface area contributed by atoms with Crippen LogP contribution in [0.2, 0.25) is 0 Å². The molecule has 0 bridgehead atoms. The molecule has 8 heteroatoms. The summed E-state index contributed by atoms with van der Waals surface area (Å²) in [4.78, 5) is 4.90. The minimum Gasteiger partial charge on any atom is -0.269 e. The van der Waals surface area contributed by atoms with Gasteiger partial charge in [0, 0.05) is 40.7 Å². The second-order valence-corrected chi connectivity index (χ2v) is 9.73. The Bertz CT molecular complexity index is 1370. The molecule has 0 unspecified atom stereocenters. The first-order chi connectivity index (χ1) is 15.6. The van der Waals surface area contributed by atoms with E-state index in [1.807, 2.05) is 18.5 Å². The number of nitriles is 1. The van der Waals surface area contributed by atoms with Crippen LogP contribution in [0.15, 0.2) is 52.9 Å². The van der Waals surface area contributed by atoms with Gasteiger partial charge >= 0.3 is 0 Å². The van der Waals surface area contributed by atoms with Crippen molar-refractivity contribution in [1.82, 2.24) is 24.4 Å². The number of hydrogen-bond acceptors (Lipinski definition) is 5. The number of nitrogens with zero attached hydrogens (tertiary/aromatic N) is 6. The maximum Gasteiger partial charge on any atom is 0.155 e. The highest BCUT2D eigenvalue weighted by Gasteiger charge is 2.52. The van der Waals surface area contributed by atoms with E-state index in [1.165, 1.54) is 37.1 Å². The van der Waals surface area contributed by atoms with Gasteiger partial charge in [-0.05, 0) is 55.7 Å². The minimum atomic E-state index is -0.391. The molecule has 0 aromatic carbocycles. The van der Waals surface area contributed by atoms with Crippen molar-refractivity contribution in [3.8, 4) is 17.2 Å². The topological polar surface area (TPSA) is 71.8 Å². The summed E-state index contributed by atoms with van der Waals surface area (Å²) in [5.41, 5.74) is 4.17. The fourth-order valence-corrected chi connectivity index (χ4v) is 6.27. The molecule has 4 aromatic heterocycles. The third-order valence-electron chi connectivity index (χ3n) is 7.01. The van der Waals surface area contributed by atoms with Crippen molar-refractivity contribution in [2.45, 2.75) is 42.7 Å². The summed E-state index contributed by atoms with van der Waals surface area (Å²) in [5.74, 6) is 2.16. The molecular formula is C24H21FN6S. The summed E-state index contributed by atoms with van der Waals surface area (Å²) in [7, 11) is 0. The van der Waals surface area contributed by atoms with Crippen LogP contribution in [-0.2, 0) is 6.54 Å². The fourth-order valence-electron chi connectivity index (χ4n) is 5.30. The summed E-state index contributed by atoms with van der Waals surface area (Å²) in [6, 6.07) is 7.12. The molecule has 2 saturated carbocycles. The van der Waals surface area contributed by atoms with Gasteiger partial charge in [0.25, 0.3) is 0 Å². The predicted octanol–water partition coefficient (Wildman–Crippen LogP) is 5.11. The highest BCUT2D eigenvalue weighted by Crippen LogP contribution is 2.58. The molecule has 0 radical (unpaired) electrons. The van der Waals surface area contributed by atoms with Gasteiger partial charge in [-0.2, -0.15) is 15.5 Å². The molecule has 6 nitrogen and oxygen atoms in total. The second kappa shape index (κ2) is 7.45. The Hall–Kier alpha value is -3.18. The van der Waals surface area contributed by atoms with Crippen molar-refractivity contribution in [3.63, 3.8) is 0 Å². The van der Waals surface area contributed by atoms with Crippen LogP contribution in [0.4, 0.5) is 4.39 Å². The van der Waals surface area contributed by atoms with Gasteiger partial charge in [-0.15, -0.1) is 0 Å². The van der Waals surface area contributed by atoms with E-state index in [0.717, 1.165) is 46.0 Å². The molecule has 2 fully saturated rings. The number of aromatic nitrogens is 5. The van der Waals surface area contributed by atoms with Crippen LogP contribution in [0.1, 0.15) is 30.5 Å². The van der Waals surface area contributed by atoms with Gasteiger partial charge in [-0.25, -0.2) is 13.9 Å². The third kappa shape index (κ3) is 3.11. The zero-order valence-electron chi connectivity index (χ0n) is 17.6. The Balaban J connectivity index is 1.40. The normalized spacial score (nSPS) is 21.6. The standard InChI is InChI=1S/C24H21FN6S/c1-14-19(11-29-30(14)13-20-17-4-2-5-18(17)20)15-8-22(32-24-21(25)6-3-7-27-24)23-16(9-26)10-28-31(23)12-15/h3,6-8,10-12,17-18,20H,2,4-5,13H2,1H3/t17-,18+,20+. The molecule has 6 rings (SSSR count). The van der Waals surface area contributed by atoms with E-state index in [1.54, 1.807) is 23.0 Å². The molecule has 0 saturated heterocycles. The zero-order valence-corrected chi connectivity index (χ0v) is 18.4. The lowest BCUT2D eigenvalue weighted by Gasteiger charge is -2.10. The van der Waals surface area contributed by atoms with E-state index >= 15 is 0 Å². The molecule has 4 aromatic rings. The lowest BCUT2D eigenvalue weighted by Crippen LogP contribution is -2.07. The molecule has 2 aliphatic rings. The van der Waals surface area contributed by atoms with Gasteiger partial charge in [-0.3, -0.25) is 4.68 Å². The Kier molecular flexibility index (Phi) is 4.54. The monoisotopic (exact) mass is 444 g/mol. The second-order valence-electron chi connectivity index (χ2n) is 8.70. The van der Waals surface area contributed by atoms with Crippen molar-refractivity contribution in [3.05, 3.63) is 60.1 Å². The zero-order chi connectivity index (χ0) is 21.8. The van der Waals surface area contributed by atoms with Crippen molar-refractivity contribution in [2.75, 3.05) is 0 Å². The Morgan fingerprint density at radius 2 is 2.09 bits per heavy atom. The first kappa shape index (κ1) is 19.5. The molecule has 0 spiro atoms. The summed E-state index contributed by atoms with van der Waals surface area (Å²) in [5, 5.41) is 18.9. The van der Waals surface area contributed by atoms with Crippen LogP contribution < -0.4 is 0 Å². The smallest absolute Gasteiger partial charge is 0.155 e. The van der Waals surface area contributed by atoms with Crippen molar-refractivity contribution < 1.29 is 4.39 Å². The largest absolute Gasteiger partial charge is 0.269 e. The van der Waals surface area contributed by atoms with Crippen molar-refractivity contribution >= 4 is 17.3 Å². The Labute approximate surface area is 189 Å². The van der Waals surface area contributed by atoms with Gasteiger partial charge in [0.15, 0.2) is 5.82 Å². The number of pyridine rings is 2. The molecule has 3 atom stereocenters. The Morgan fingerprint density at radius 1 is 1.25 bits per heavy atom. The van der Waals surface area contributed by atoms with E-state index < -0.39 is 5.82 Å². The van der Waals surface area contributed by atoms with Crippen molar-refractivity contribution in [2.24, 2.45) is 17.8 Å². The fraction of sp³-hybridized carbons (Fsp3) is 0.333. The predicted molar refractivity (Wildman–Crippen MR) is 119 cm³/mol. The molecule has 0 amide bonds. The van der Waals surface area contributed by atoms with Crippen LogP contribution >= 0.6 is 11.8 Å². The lowest BCUT2D eigenvalue weighted by atomic mass is 10.1. The average Bonchev–Trinajstić information content (AvgIpc) is 3.22. The highest BCUT2D eigenvalue weighted by atomic mass is 32.2. The summed E-state index contributed by atoms with van der Waals surface area (Å²) in [6.45, 7) is 3.07. The van der Waals surface area contributed by atoms with E-state index in [4.69, 9.17) is 0 Å². The molecule has 4 heterocycles. The molecule has 2 aliphatic carbocycles. The summed E-state index contributed by atoms with van der Waals surface area (Å²) in [6.07, 6.45) is 11.0. The SMILES string of the molecule is Cc1c(-c2cc(Sc3ncccc3F)c3c(C#N)cnn3c2)cnn1C[C@H]1[C@@H]2CCC[C@@H]21. The molecule has 0 N–H and O–H groups in total. The van der Waals surface area contributed by atoms with Crippen LogP contribution in [0.5, 0.6) is 0 Å². The van der Waals surface area contributed by atoms with Crippen LogP contribution in [-0.4, -0.2) is 24.4 Å². The van der Waals surface area contributed by atoms with Gasteiger partial charge in [0.05, 0.1) is 23.5 Å². The van der Waals surface area contributed by atoms with E-state index in [-0.39, 0.29) is 5.03 Å². The number of halogens is 1. The van der Waals surface area contributed by atoms with E-state index in [9.17, 15) is 9.65 Å². The molecule has 0 aliphatic heterocycles. The number of fused-ring (bicyclic) bond motifs is 2. The molecular weight excluding hydrogens is 423 g/mol. The Morgan fingerprint density at radius 3 is 2.88 bits per heavy atom. The third-order valence-corrected chi connectivity index (χ3v) is 8.04. The summed E-state index contributed by atoms with van der Waals surface area (Å²) >= 11 is 1.21. The van der Waals surface area contributed by atoms with Crippen molar-refractivity contribution in [1.29, 1.82) is 5.26 Å². The van der Waals surface area contributed by atoms with Crippen LogP contribution in [0, 0.1) is 41.8 Å². The lowest BCUT2D eigenvalue weighted by molar-refractivity contribution is 0.471. The number of rotatable bonds is 5. The van der Waals surface area contributed by atoms with Crippen LogP contribution in [0.25, 0.3) is 16.6 Å². The van der Waals surface area contributed by atoms with Crippen LogP contribution in [0.3, 0.4) is 0 Å². The van der Waals surface area contributed by atoms with E-state index in [0.29, 0.717) is 11.1 Å². The first-order valence-electron chi connectivity index (χ1n) is 10.9.